The molecule has 2 aromatic rings. The van der Waals surface area contributed by atoms with Crippen LogP contribution in [0, 0.1) is 5.92 Å². The highest BCUT2D eigenvalue weighted by molar-refractivity contribution is 6.03. The van der Waals surface area contributed by atoms with E-state index in [0.29, 0.717) is 23.9 Å². The lowest BCUT2D eigenvalue weighted by atomic mass is 10.1. The number of pyridine rings is 1. The molecule has 2 heterocycles. The number of nitrogens with one attached hydrogen (secondary N) is 1. The van der Waals surface area contributed by atoms with Crippen molar-refractivity contribution in [3.63, 3.8) is 0 Å². The van der Waals surface area contributed by atoms with E-state index >= 15 is 0 Å². The third-order valence-corrected chi connectivity index (χ3v) is 4.08. The first-order valence-corrected chi connectivity index (χ1v) is 7.86. The van der Waals surface area contributed by atoms with Gasteiger partial charge < -0.3 is 19.7 Å². The number of ether oxygens (including phenoxy) is 2. The van der Waals surface area contributed by atoms with E-state index < -0.39 is 5.92 Å². The Kier molecular flexibility index (Phi) is 4.83. The van der Waals surface area contributed by atoms with E-state index in [4.69, 9.17) is 9.47 Å². The number of rotatable bonds is 5. The van der Waals surface area contributed by atoms with Crippen molar-refractivity contribution in [1.29, 1.82) is 0 Å². The molecule has 130 valence electrons. The second-order valence-corrected chi connectivity index (χ2v) is 5.66. The van der Waals surface area contributed by atoms with Crippen LogP contribution in [0.5, 0.6) is 11.6 Å². The fraction of sp³-hybridized carbons (Fsp3) is 0.278. The lowest BCUT2D eigenvalue weighted by Gasteiger charge is -2.17. The fourth-order valence-corrected chi connectivity index (χ4v) is 2.79. The number of aromatic nitrogens is 1. The molecule has 1 atom stereocenters. The number of methoxy groups -OCH3 is 2. The summed E-state index contributed by atoms with van der Waals surface area (Å²) >= 11 is 0. The molecule has 0 bridgehead atoms. The molecule has 7 heteroatoms. The zero-order valence-electron chi connectivity index (χ0n) is 14.1. The van der Waals surface area contributed by atoms with Gasteiger partial charge >= 0.3 is 0 Å². The van der Waals surface area contributed by atoms with Crippen molar-refractivity contribution in [2.75, 3.05) is 31.0 Å². The molecule has 25 heavy (non-hydrogen) atoms. The molecule has 1 saturated heterocycles. The van der Waals surface area contributed by atoms with E-state index in [0.717, 1.165) is 5.69 Å². The molecule has 7 nitrogen and oxygen atoms in total. The predicted molar refractivity (Wildman–Crippen MR) is 92.9 cm³/mol. The van der Waals surface area contributed by atoms with Crippen LogP contribution < -0.4 is 19.7 Å². The second-order valence-electron chi connectivity index (χ2n) is 5.66. The topological polar surface area (TPSA) is 80.8 Å². The van der Waals surface area contributed by atoms with Crippen molar-refractivity contribution in [3.8, 4) is 11.6 Å². The summed E-state index contributed by atoms with van der Waals surface area (Å²) in [6.07, 6.45) is 1.74. The smallest absolute Gasteiger partial charge is 0.237 e. The molecule has 1 aromatic carbocycles. The molecule has 1 aliphatic rings. The molecule has 0 aliphatic carbocycles. The van der Waals surface area contributed by atoms with E-state index in [2.05, 4.69) is 10.3 Å². The highest BCUT2D eigenvalue weighted by atomic mass is 16.5. The van der Waals surface area contributed by atoms with Crippen molar-refractivity contribution < 1.29 is 19.1 Å². The van der Waals surface area contributed by atoms with Crippen LogP contribution in [0.2, 0.25) is 0 Å². The van der Waals surface area contributed by atoms with E-state index in [1.165, 1.54) is 7.11 Å². The number of benzene rings is 1. The van der Waals surface area contributed by atoms with Gasteiger partial charge in [0.1, 0.15) is 11.4 Å². The summed E-state index contributed by atoms with van der Waals surface area (Å²) in [6.45, 7) is 0.320. The van der Waals surface area contributed by atoms with Gasteiger partial charge in [0.15, 0.2) is 0 Å². The van der Waals surface area contributed by atoms with Crippen LogP contribution in [0.15, 0.2) is 42.6 Å². The summed E-state index contributed by atoms with van der Waals surface area (Å²) in [5, 5.41) is 2.79. The molecule has 1 aromatic heterocycles. The van der Waals surface area contributed by atoms with Crippen LogP contribution >= 0.6 is 0 Å². The number of hydrogen-bond donors (Lipinski definition) is 1. The maximum atomic E-state index is 12.5. The second kappa shape index (κ2) is 7.21. The van der Waals surface area contributed by atoms with Crippen molar-refractivity contribution >= 4 is 23.2 Å². The maximum Gasteiger partial charge on any atom is 0.237 e. The van der Waals surface area contributed by atoms with Crippen LogP contribution in [0.4, 0.5) is 11.4 Å². The molecule has 0 saturated carbocycles. The Morgan fingerprint density at radius 2 is 2.08 bits per heavy atom. The average Bonchev–Trinajstić information content (AvgIpc) is 3.04. The zero-order chi connectivity index (χ0) is 17.8. The van der Waals surface area contributed by atoms with Gasteiger partial charge in [0.05, 0.1) is 20.1 Å². The largest absolute Gasteiger partial charge is 0.497 e. The van der Waals surface area contributed by atoms with E-state index in [9.17, 15) is 9.59 Å². The monoisotopic (exact) mass is 341 g/mol. The summed E-state index contributed by atoms with van der Waals surface area (Å²) in [5.74, 6) is 0.239. The number of hydrogen-bond acceptors (Lipinski definition) is 5. The SMILES string of the molecule is COc1cccc(N2CC(C(=O)Nc3cccnc3OC)CC2=O)c1. The summed E-state index contributed by atoms with van der Waals surface area (Å²) in [5.41, 5.74) is 1.21. The highest BCUT2D eigenvalue weighted by Crippen LogP contribution is 2.29. The lowest BCUT2D eigenvalue weighted by molar-refractivity contribution is -0.122. The van der Waals surface area contributed by atoms with Crippen LogP contribution in [0.3, 0.4) is 0 Å². The first-order valence-electron chi connectivity index (χ1n) is 7.86. The van der Waals surface area contributed by atoms with E-state index in [1.807, 2.05) is 18.2 Å². The first kappa shape index (κ1) is 16.8. The van der Waals surface area contributed by atoms with Gasteiger partial charge in [-0.1, -0.05) is 6.07 Å². The third-order valence-electron chi connectivity index (χ3n) is 4.08. The molecule has 1 fully saturated rings. The molecule has 2 amide bonds. The Hall–Kier alpha value is -3.09. The van der Waals surface area contributed by atoms with Crippen LogP contribution in [-0.2, 0) is 9.59 Å². The Bertz CT molecular complexity index is 793. The average molecular weight is 341 g/mol. The summed E-state index contributed by atoms with van der Waals surface area (Å²) in [4.78, 5) is 30.5. The maximum absolute atomic E-state index is 12.5. The molecule has 1 N–H and O–H groups in total. The highest BCUT2D eigenvalue weighted by Gasteiger charge is 2.35. The van der Waals surface area contributed by atoms with Gasteiger partial charge in [0.25, 0.3) is 0 Å². The molecule has 3 rings (SSSR count). The minimum Gasteiger partial charge on any atom is -0.497 e. The fourth-order valence-electron chi connectivity index (χ4n) is 2.79. The Morgan fingerprint density at radius 3 is 2.84 bits per heavy atom. The quantitative estimate of drug-likeness (QED) is 0.901. The number of carbonyl (C=O) groups is 2. The summed E-state index contributed by atoms with van der Waals surface area (Å²) in [6, 6.07) is 10.6. The summed E-state index contributed by atoms with van der Waals surface area (Å²) < 4.78 is 10.3. The number of carbonyl (C=O) groups excluding carboxylic acids is 2. The molecule has 1 aliphatic heterocycles. The number of amides is 2. The van der Waals surface area contributed by atoms with Gasteiger partial charge in [0.2, 0.25) is 17.7 Å². The van der Waals surface area contributed by atoms with Gasteiger partial charge in [-0.3, -0.25) is 9.59 Å². The Labute approximate surface area is 145 Å². The molecular formula is C18H19N3O4. The zero-order valence-corrected chi connectivity index (χ0v) is 14.1. The molecule has 0 spiro atoms. The van der Waals surface area contributed by atoms with Gasteiger partial charge in [-0.25, -0.2) is 4.98 Å². The standard InChI is InChI=1S/C18H19N3O4/c1-24-14-6-3-5-13(10-14)21-11-12(9-16(21)22)17(23)20-15-7-4-8-19-18(15)25-2/h3-8,10,12H,9,11H2,1-2H3,(H,20,23). The van der Waals surface area contributed by atoms with Crippen LogP contribution in [-0.4, -0.2) is 37.6 Å². The van der Waals surface area contributed by atoms with Crippen LogP contribution in [0.25, 0.3) is 0 Å². The van der Waals surface area contributed by atoms with Crippen LogP contribution in [0.1, 0.15) is 6.42 Å². The van der Waals surface area contributed by atoms with Gasteiger partial charge in [-0.2, -0.15) is 0 Å². The molecule has 1 unspecified atom stereocenters. The minimum absolute atomic E-state index is 0.0912. The number of nitrogens with zero attached hydrogens (tertiary/aromatic N) is 2. The first-order chi connectivity index (χ1) is 12.1. The van der Waals surface area contributed by atoms with Crippen molar-refractivity contribution in [2.45, 2.75) is 6.42 Å². The van der Waals surface area contributed by atoms with Gasteiger partial charge in [-0.05, 0) is 24.3 Å². The normalized spacial score (nSPS) is 16.6. The van der Waals surface area contributed by atoms with Crippen molar-refractivity contribution in [2.24, 2.45) is 5.92 Å². The summed E-state index contributed by atoms with van der Waals surface area (Å²) in [7, 11) is 3.06. The van der Waals surface area contributed by atoms with E-state index in [1.54, 1.807) is 36.4 Å². The van der Waals surface area contributed by atoms with E-state index in [-0.39, 0.29) is 18.2 Å². The van der Waals surface area contributed by atoms with Gasteiger partial charge in [-0.15, -0.1) is 0 Å². The molecular weight excluding hydrogens is 322 g/mol. The Balaban J connectivity index is 1.72. The van der Waals surface area contributed by atoms with Gasteiger partial charge in [0, 0.05) is 30.9 Å². The number of anilines is 2. The lowest BCUT2D eigenvalue weighted by Crippen LogP contribution is -2.28. The van der Waals surface area contributed by atoms with Crippen molar-refractivity contribution in [3.05, 3.63) is 42.6 Å². The Morgan fingerprint density at radius 1 is 1.24 bits per heavy atom. The minimum atomic E-state index is -0.441. The predicted octanol–water partition coefficient (Wildman–Crippen LogP) is 2.09. The molecule has 0 radical (unpaired) electrons. The van der Waals surface area contributed by atoms with Crippen molar-refractivity contribution in [1.82, 2.24) is 4.98 Å². The third kappa shape index (κ3) is 3.55.